The fourth-order valence-electron chi connectivity index (χ4n) is 12.2. The minimum absolute atomic E-state index is 0.0413. The van der Waals surface area contributed by atoms with E-state index in [9.17, 15) is 10.2 Å². The van der Waals surface area contributed by atoms with Crippen molar-refractivity contribution >= 4 is 8.32 Å². The van der Waals surface area contributed by atoms with E-state index in [4.69, 9.17) is 4.43 Å². The highest BCUT2D eigenvalue weighted by atomic mass is 28.4. The number of nitrogens with zero attached hydrogens (tertiary/aromatic N) is 3. The summed E-state index contributed by atoms with van der Waals surface area (Å²) in [6.07, 6.45) is 11.6. The lowest BCUT2D eigenvalue weighted by molar-refractivity contribution is -0.235. The van der Waals surface area contributed by atoms with Gasteiger partial charge in [-0.25, -0.2) is 23.5 Å². The second kappa shape index (κ2) is 11.4. The van der Waals surface area contributed by atoms with E-state index >= 15 is 9.59 Å². The van der Waals surface area contributed by atoms with Crippen LogP contribution in [0.25, 0.3) is 5.69 Å². The van der Waals surface area contributed by atoms with Gasteiger partial charge in [0.2, 0.25) is 0 Å². The van der Waals surface area contributed by atoms with Crippen molar-refractivity contribution in [1.82, 2.24) is 13.9 Å². The molecule has 4 aliphatic carbocycles. The number of aliphatic hydroxyl groups excluding tert-OH is 1. The standard InChI is InChI=1S/C41H63N3O5Si/c1-27(15-14-21-37(5,6)48)30-18-19-32-38(30,7)26-31(45)33-39(8)22-20-29(49-50(9,10)36(2,3)4)25-40(39)23-24-41(32,33)44-35(47)42(34(46)43(40)44)28-16-12-11-13-17-28/h11-13,16-17,23-24,27,29-33,45,48H,14-15,18-22,25-26H2,1-10H3/t27-,29+,30-,31-,32-,33-,38-,39-,40-,41+/m1/s1. The van der Waals surface area contributed by atoms with Crippen LogP contribution in [0.2, 0.25) is 18.1 Å². The summed E-state index contributed by atoms with van der Waals surface area (Å²) in [7, 11) is -2.13. The number of rotatable bonds is 8. The van der Waals surface area contributed by atoms with E-state index in [1.54, 1.807) is 0 Å². The maximum atomic E-state index is 15.1. The number of fused-ring (bicyclic) bond motifs is 1. The van der Waals surface area contributed by atoms with Gasteiger partial charge in [0.05, 0.1) is 28.5 Å². The van der Waals surface area contributed by atoms with Gasteiger partial charge in [0.1, 0.15) is 0 Å². The molecule has 2 aromatic rings. The molecule has 2 bridgehead atoms. The van der Waals surface area contributed by atoms with Crippen molar-refractivity contribution < 1.29 is 14.6 Å². The van der Waals surface area contributed by atoms with Gasteiger partial charge in [0, 0.05) is 23.9 Å². The molecule has 3 fully saturated rings. The van der Waals surface area contributed by atoms with E-state index in [2.05, 4.69) is 66.8 Å². The summed E-state index contributed by atoms with van der Waals surface area (Å²) in [5.41, 5.74) is -3.01. The Bertz CT molecular complexity index is 1780. The van der Waals surface area contributed by atoms with Crippen LogP contribution in [0, 0.1) is 34.5 Å². The van der Waals surface area contributed by atoms with Crippen LogP contribution in [0.1, 0.15) is 113 Å². The molecule has 10 atom stereocenters. The third kappa shape index (κ3) is 4.84. The fourth-order valence-corrected chi connectivity index (χ4v) is 13.6. The fraction of sp³-hybridized carbons (Fsp3) is 0.756. The second-order valence-corrected chi connectivity index (χ2v) is 24.6. The Kier molecular flexibility index (Phi) is 8.24. The number of aliphatic hydroxyl groups is 2. The molecule has 1 aromatic carbocycles. The van der Waals surface area contributed by atoms with Gasteiger partial charge in [0.15, 0.2) is 8.32 Å². The van der Waals surface area contributed by atoms with E-state index in [0.717, 1.165) is 44.9 Å². The molecular weight excluding hydrogens is 643 g/mol. The summed E-state index contributed by atoms with van der Waals surface area (Å²) < 4.78 is 12.3. The topological polar surface area (TPSA) is 98.6 Å². The van der Waals surface area contributed by atoms with Crippen LogP contribution in [0.5, 0.6) is 0 Å². The van der Waals surface area contributed by atoms with Crippen LogP contribution in [-0.2, 0) is 15.5 Å². The lowest BCUT2D eigenvalue weighted by Crippen LogP contribution is -2.79. The van der Waals surface area contributed by atoms with Crippen molar-refractivity contribution in [2.75, 3.05) is 0 Å². The van der Waals surface area contributed by atoms with Gasteiger partial charge in [-0.15, -0.1) is 0 Å². The zero-order valence-electron chi connectivity index (χ0n) is 32.3. The molecule has 0 saturated heterocycles. The number of allylic oxidation sites excluding steroid dienone is 2. The predicted octanol–water partition coefficient (Wildman–Crippen LogP) is 7.35. The van der Waals surface area contributed by atoms with Gasteiger partial charge in [-0.1, -0.05) is 84.7 Å². The first-order valence-electron chi connectivity index (χ1n) is 19.5. The average molecular weight is 706 g/mol. The molecule has 0 radical (unpaired) electrons. The first-order valence-corrected chi connectivity index (χ1v) is 22.4. The third-order valence-corrected chi connectivity index (χ3v) is 20.0. The van der Waals surface area contributed by atoms with Gasteiger partial charge in [-0.3, -0.25) is 0 Å². The normalized spacial score (nSPS) is 38.4. The Labute approximate surface area is 300 Å². The number of aromatic nitrogens is 3. The molecule has 0 amide bonds. The molecule has 2 aliphatic heterocycles. The summed E-state index contributed by atoms with van der Waals surface area (Å²) >= 11 is 0. The van der Waals surface area contributed by atoms with Crippen molar-refractivity contribution in [3.05, 3.63) is 63.5 Å². The third-order valence-electron chi connectivity index (χ3n) is 15.4. The Balaban J connectivity index is 1.40. The molecule has 1 aromatic heterocycles. The highest BCUT2D eigenvalue weighted by molar-refractivity contribution is 6.74. The van der Waals surface area contributed by atoms with Crippen molar-refractivity contribution in [2.24, 2.45) is 34.5 Å². The van der Waals surface area contributed by atoms with E-state index in [0.29, 0.717) is 30.4 Å². The smallest absolute Gasteiger partial charge is 0.352 e. The van der Waals surface area contributed by atoms with Gasteiger partial charge < -0.3 is 14.6 Å². The molecule has 8 nitrogen and oxygen atoms in total. The Morgan fingerprint density at radius 2 is 1.62 bits per heavy atom. The molecular formula is C41H63N3O5Si. The summed E-state index contributed by atoms with van der Waals surface area (Å²) in [6, 6.07) is 9.37. The van der Waals surface area contributed by atoms with Gasteiger partial charge in [0.25, 0.3) is 0 Å². The maximum Gasteiger partial charge on any atom is 0.352 e. The largest absolute Gasteiger partial charge is 0.414 e. The van der Waals surface area contributed by atoms with Crippen molar-refractivity contribution in [3.8, 4) is 5.69 Å². The van der Waals surface area contributed by atoms with E-state index in [-0.39, 0.29) is 39.8 Å². The van der Waals surface area contributed by atoms with Crippen molar-refractivity contribution in [3.63, 3.8) is 0 Å². The number of benzene rings is 1. The van der Waals surface area contributed by atoms with Crippen LogP contribution in [-0.4, -0.2) is 50.3 Å². The SMILES string of the molecule is C[C@H](CCCC(C)(C)O)[C@H]1CC[C@@H]2[C@]1(C)C[C@@H](O)[C@H]1[C@]23C=C[C@]2(C[C@@H](O[Si](C)(C)C(C)(C)C)CC[C@]12C)n1c(=O)n(-c2ccccc2)c(=O)n13. The highest BCUT2D eigenvalue weighted by Gasteiger charge is 2.77. The number of hydrogen-bond acceptors (Lipinski definition) is 5. The van der Waals surface area contributed by atoms with E-state index < -0.39 is 36.5 Å². The van der Waals surface area contributed by atoms with Crippen LogP contribution in [0.15, 0.2) is 52.1 Å². The Morgan fingerprint density at radius 3 is 2.26 bits per heavy atom. The molecule has 3 heterocycles. The molecule has 50 heavy (non-hydrogen) atoms. The van der Waals surface area contributed by atoms with Gasteiger partial charge >= 0.3 is 11.4 Å². The lowest BCUT2D eigenvalue weighted by Gasteiger charge is -2.72. The summed E-state index contributed by atoms with van der Waals surface area (Å²) in [6.45, 7) is 22.2. The monoisotopic (exact) mass is 705 g/mol. The molecule has 6 aliphatic rings. The van der Waals surface area contributed by atoms with Gasteiger partial charge in [-0.05, 0) is 106 Å². The number of para-hydroxylation sites is 1. The second-order valence-electron chi connectivity index (χ2n) is 19.8. The predicted molar refractivity (Wildman–Crippen MR) is 201 cm³/mol. The molecule has 3 saturated carbocycles. The van der Waals surface area contributed by atoms with E-state index in [1.807, 2.05) is 53.5 Å². The summed E-state index contributed by atoms with van der Waals surface area (Å²) in [5.74, 6) is 0.663. The summed E-state index contributed by atoms with van der Waals surface area (Å²) in [4.78, 5) is 30.1. The summed E-state index contributed by atoms with van der Waals surface area (Å²) in [5, 5.41) is 23.1. The van der Waals surface area contributed by atoms with Crippen LogP contribution < -0.4 is 11.4 Å². The van der Waals surface area contributed by atoms with Crippen LogP contribution in [0.4, 0.5) is 0 Å². The zero-order valence-corrected chi connectivity index (χ0v) is 33.3. The van der Waals surface area contributed by atoms with Crippen molar-refractivity contribution in [2.45, 2.75) is 160 Å². The first-order chi connectivity index (χ1) is 23.1. The minimum atomic E-state index is -2.13. The Morgan fingerprint density at radius 1 is 0.960 bits per heavy atom. The molecule has 2 spiro atoms. The van der Waals surface area contributed by atoms with Crippen molar-refractivity contribution in [1.29, 1.82) is 0 Å². The minimum Gasteiger partial charge on any atom is -0.414 e. The maximum absolute atomic E-state index is 15.1. The lowest BCUT2D eigenvalue weighted by atomic mass is 9.39. The van der Waals surface area contributed by atoms with E-state index in [1.165, 1.54) is 4.57 Å². The Hall–Kier alpha value is -2.20. The first kappa shape index (κ1) is 36.2. The average Bonchev–Trinajstić information content (AvgIpc) is 3.50. The zero-order chi connectivity index (χ0) is 36.4. The highest BCUT2D eigenvalue weighted by Crippen LogP contribution is 2.74. The number of hydrogen-bond donors (Lipinski definition) is 2. The molecule has 9 heteroatoms. The molecule has 8 rings (SSSR count). The van der Waals surface area contributed by atoms with Gasteiger partial charge in [-0.2, -0.15) is 0 Å². The quantitative estimate of drug-likeness (QED) is 0.221. The molecule has 2 N–H and O–H groups in total. The van der Waals surface area contributed by atoms with Crippen LogP contribution >= 0.6 is 0 Å². The molecule has 0 unspecified atom stereocenters. The van der Waals surface area contributed by atoms with Crippen LogP contribution in [0.3, 0.4) is 0 Å². The molecule has 276 valence electrons.